The number of hydrogen-bond acceptors (Lipinski definition) is 0. The minimum atomic E-state index is 1.03. The molecule has 0 amide bonds. The Labute approximate surface area is 67.0 Å². The number of hydrogen-bond donors (Lipinski definition) is 0. The molecule has 0 heterocycles. The molecule has 7 heavy (non-hydrogen) atoms. The first-order valence-electron chi connectivity index (χ1n) is 2.10. The summed E-state index contributed by atoms with van der Waals surface area (Å²) in [5.41, 5.74) is 0. The summed E-state index contributed by atoms with van der Waals surface area (Å²) in [4.78, 5) is 0. The van der Waals surface area contributed by atoms with E-state index in [9.17, 15) is 0 Å². The molecule has 0 aromatic rings. The van der Waals surface area contributed by atoms with Gasteiger partial charge < -0.3 is 11.6 Å². The van der Waals surface area contributed by atoms with E-state index < -0.39 is 0 Å². The van der Waals surface area contributed by atoms with Crippen LogP contribution in [0.4, 0.5) is 0 Å². The molecular formula is C4H8BrClZn. The van der Waals surface area contributed by atoms with Crippen LogP contribution < -0.4 is 0 Å². The molecule has 0 fully saturated rings. The van der Waals surface area contributed by atoms with Gasteiger partial charge >= 0.3 is 30.0 Å². The molecule has 0 nitrogen and oxygen atoms in total. The van der Waals surface area contributed by atoms with Crippen LogP contribution in [0.25, 0.3) is 0 Å². The molecule has 0 unspecified atom stereocenters. The van der Waals surface area contributed by atoms with Crippen LogP contribution in [0.3, 0.4) is 0 Å². The second-order valence-corrected chi connectivity index (χ2v) is 1.25. The first-order valence-corrected chi connectivity index (χ1v) is 9.49. The van der Waals surface area contributed by atoms with Crippen molar-refractivity contribution in [3.8, 4) is 0 Å². The van der Waals surface area contributed by atoms with Crippen LogP contribution in [-0.4, -0.2) is 0 Å². The van der Waals surface area contributed by atoms with Crippen molar-refractivity contribution in [2.75, 3.05) is 0 Å². The van der Waals surface area contributed by atoms with Gasteiger partial charge in [-0.25, -0.2) is 5.88 Å². The topological polar surface area (TPSA) is 0 Å². The third-order valence-corrected chi connectivity index (χ3v) is 0.616. The van der Waals surface area contributed by atoms with Crippen molar-refractivity contribution in [2.24, 2.45) is 0 Å². The van der Waals surface area contributed by atoms with Gasteiger partial charge in [0, 0.05) is 0 Å². The Hall–Kier alpha value is 1.39. The van der Waals surface area contributed by atoms with Gasteiger partial charge in [0.25, 0.3) is 0 Å². The summed E-state index contributed by atoms with van der Waals surface area (Å²) in [5, 5.41) is 0. The van der Waals surface area contributed by atoms with Gasteiger partial charge in [0.1, 0.15) is 0 Å². The first-order chi connectivity index (χ1) is 3.41. The Morgan fingerprint density at radius 3 is 2.14 bits per heavy atom. The van der Waals surface area contributed by atoms with Crippen LogP contribution in [-0.2, 0) is 16.3 Å². The molecular weight excluding hydrogens is 229 g/mol. The molecule has 0 saturated carbocycles. The summed E-state index contributed by atoms with van der Waals surface area (Å²) < 4.78 is 0. The molecule has 0 atom stereocenters. The molecule has 0 aliphatic carbocycles. The Morgan fingerprint density at radius 2 is 2.14 bits per heavy atom. The maximum absolute atomic E-state index is 5.18. The quantitative estimate of drug-likeness (QED) is 0.511. The maximum atomic E-state index is 5.18. The van der Waals surface area contributed by atoms with Crippen LogP contribution >= 0.6 is 25.2 Å². The van der Waals surface area contributed by atoms with E-state index in [-0.39, 0.29) is 0 Å². The van der Waals surface area contributed by atoms with E-state index in [0.29, 0.717) is 0 Å². The van der Waals surface area contributed by atoms with Gasteiger partial charge in [-0.2, -0.15) is 6.42 Å². The van der Waals surface area contributed by atoms with Crippen molar-refractivity contribution < 1.29 is 16.3 Å². The standard InChI is InChI=1S/C4H8Cl.BrH.Zn/c1-2-3-4-5;;/h4H,2-3H2,1H3;1H;/q-1;;+2/p-1. The number of rotatable bonds is 2. The van der Waals surface area contributed by atoms with Crippen LogP contribution in [0.5, 0.6) is 0 Å². The van der Waals surface area contributed by atoms with E-state index in [1.54, 1.807) is 5.88 Å². The Morgan fingerprint density at radius 1 is 1.71 bits per heavy atom. The summed E-state index contributed by atoms with van der Waals surface area (Å²) in [6.07, 6.45) is 2.19. The van der Waals surface area contributed by atoms with Gasteiger partial charge in [-0.3, -0.25) is 0 Å². The Bertz CT molecular complexity index is 19.2. The van der Waals surface area contributed by atoms with E-state index in [4.69, 9.17) is 11.6 Å². The summed E-state index contributed by atoms with van der Waals surface area (Å²) in [6, 6.07) is 0. The van der Waals surface area contributed by atoms with E-state index in [2.05, 4.69) is 20.5 Å². The normalized spacial score (nSPS) is 7.00. The zero-order valence-corrected chi connectivity index (χ0v) is 9.76. The van der Waals surface area contributed by atoms with Gasteiger partial charge in [-0.1, -0.05) is 13.3 Å². The molecule has 0 aromatic carbocycles. The minimum absolute atomic E-state index is 1.03. The molecule has 0 rings (SSSR count). The molecule has 0 aromatic heterocycles. The van der Waals surface area contributed by atoms with Gasteiger partial charge in [-0.05, 0) is 0 Å². The predicted molar refractivity (Wildman–Crippen MR) is 34.0 cm³/mol. The summed E-state index contributed by atoms with van der Waals surface area (Å²) in [6.45, 7) is 2.10. The SMILES string of the molecule is CCC[CH-]Cl.[Zn+][Br]. The van der Waals surface area contributed by atoms with Gasteiger partial charge in [0.2, 0.25) is 0 Å². The average molecular weight is 237 g/mol. The fourth-order valence-electron chi connectivity index (χ4n) is 0.109. The summed E-state index contributed by atoms with van der Waals surface area (Å²) >= 11 is 9.43. The fourth-order valence-corrected chi connectivity index (χ4v) is 0.327. The van der Waals surface area contributed by atoms with E-state index in [0.717, 1.165) is 12.8 Å². The van der Waals surface area contributed by atoms with Gasteiger partial charge in [-0.15, -0.1) is 0 Å². The average Bonchev–Trinajstić information content (AvgIpc) is 1.75. The van der Waals surface area contributed by atoms with Crippen molar-refractivity contribution in [2.45, 2.75) is 19.8 Å². The molecule has 0 aliphatic heterocycles. The van der Waals surface area contributed by atoms with Crippen molar-refractivity contribution in [1.82, 2.24) is 0 Å². The summed E-state index contributed by atoms with van der Waals surface area (Å²) in [5.74, 6) is 1.65. The molecule has 0 bridgehead atoms. The van der Waals surface area contributed by atoms with Crippen molar-refractivity contribution in [3.63, 3.8) is 0 Å². The second-order valence-electron chi connectivity index (χ2n) is 0.943. The van der Waals surface area contributed by atoms with E-state index in [1.807, 2.05) is 0 Å². The second kappa shape index (κ2) is 15.7. The summed E-state index contributed by atoms with van der Waals surface area (Å²) in [7, 11) is 0. The molecule has 0 N–H and O–H groups in total. The van der Waals surface area contributed by atoms with Crippen LogP contribution in [0.1, 0.15) is 19.8 Å². The monoisotopic (exact) mass is 234 g/mol. The van der Waals surface area contributed by atoms with Gasteiger partial charge in [0.05, 0.1) is 0 Å². The molecule has 0 saturated heterocycles. The molecule has 0 radical (unpaired) electrons. The van der Waals surface area contributed by atoms with Crippen LogP contribution in [0, 0.1) is 5.88 Å². The van der Waals surface area contributed by atoms with E-state index in [1.165, 1.54) is 16.3 Å². The van der Waals surface area contributed by atoms with Crippen LogP contribution in [0.15, 0.2) is 0 Å². The fraction of sp³-hybridized carbons (Fsp3) is 0.750. The predicted octanol–water partition coefficient (Wildman–Crippen LogP) is 3.03. The Kier molecular flexibility index (Phi) is 25.1. The zero-order valence-electron chi connectivity index (χ0n) is 4.45. The third kappa shape index (κ3) is 18.7. The van der Waals surface area contributed by atoms with Crippen LogP contribution in [0.2, 0.25) is 0 Å². The number of unbranched alkanes of at least 4 members (excludes halogenated alkanes) is 1. The molecule has 40 valence electrons. The zero-order chi connectivity index (χ0) is 6.12. The van der Waals surface area contributed by atoms with E-state index >= 15 is 0 Å². The molecule has 0 aliphatic rings. The molecule has 0 spiro atoms. The number of halogens is 2. The third-order valence-electron chi connectivity index (χ3n) is 0.398. The van der Waals surface area contributed by atoms with Crippen molar-refractivity contribution in [1.29, 1.82) is 0 Å². The van der Waals surface area contributed by atoms with Gasteiger partial charge in [0.15, 0.2) is 0 Å². The Balaban J connectivity index is 0. The van der Waals surface area contributed by atoms with Crippen molar-refractivity contribution in [3.05, 3.63) is 5.88 Å². The van der Waals surface area contributed by atoms with Crippen molar-refractivity contribution >= 4 is 25.2 Å². The molecule has 3 heteroatoms. The first kappa shape index (κ1) is 11.2.